The van der Waals surface area contributed by atoms with Crippen LogP contribution in [0, 0.1) is 12.8 Å². The Labute approximate surface area is 187 Å². The van der Waals surface area contributed by atoms with Crippen molar-refractivity contribution in [1.82, 2.24) is 4.72 Å². The molecule has 1 saturated carbocycles. The minimum absolute atomic E-state index is 0.0194. The fourth-order valence-electron chi connectivity index (χ4n) is 4.55. The Kier molecular flexibility index (Phi) is 7.65. The molecule has 2 N–H and O–H groups in total. The zero-order chi connectivity index (χ0) is 22.8. The topological polar surface area (TPSA) is 87.7 Å². The molecule has 0 spiro atoms. The highest BCUT2D eigenvalue weighted by Gasteiger charge is 2.30. The van der Waals surface area contributed by atoms with Gasteiger partial charge in [0.15, 0.2) is 0 Å². The number of benzene rings is 1. The van der Waals surface area contributed by atoms with Crippen molar-refractivity contribution >= 4 is 27.3 Å². The van der Waals surface area contributed by atoms with Gasteiger partial charge in [-0.05, 0) is 84.1 Å². The van der Waals surface area contributed by atoms with E-state index < -0.39 is 15.3 Å². The molecule has 1 amide bonds. The fraction of sp³-hybridized carbons (Fsp3) is 0.696. The van der Waals surface area contributed by atoms with Crippen molar-refractivity contribution in [3.05, 3.63) is 23.8 Å². The molecule has 174 valence electrons. The lowest BCUT2D eigenvalue weighted by atomic mass is 9.86. The second kappa shape index (κ2) is 9.88. The maximum atomic E-state index is 12.8. The largest absolute Gasteiger partial charge is 0.372 e. The van der Waals surface area contributed by atoms with E-state index >= 15 is 0 Å². The standard InChI is InChI=1S/C23H37N3O4S/c1-15(2)31(28,29)25-20-8-6-19(7-9-20)23(27)24-21-10-11-22(16(3)12-21)26-13-17(4)30-18(5)14-26/h10-12,15,17-20,25H,6-9,13-14H2,1-5H3,(H,24,27). The predicted octanol–water partition coefficient (Wildman–Crippen LogP) is 3.43. The molecular weight excluding hydrogens is 414 g/mol. The van der Waals surface area contributed by atoms with Crippen molar-refractivity contribution < 1.29 is 17.9 Å². The molecule has 1 saturated heterocycles. The van der Waals surface area contributed by atoms with E-state index in [-0.39, 0.29) is 30.1 Å². The number of morpholine rings is 1. The van der Waals surface area contributed by atoms with Gasteiger partial charge in [-0.2, -0.15) is 0 Å². The van der Waals surface area contributed by atoms with E-state index in [0.717, 1.165) is 24.3 Å². The second-order valence-electron chi connectivity index (χ2n) is 9.41. The van der Waals surface area contributed by atoms with E-state index in [1.54, 1.807) is 13.8 Å². The molecule has 2 unspecified atom stereocenters. The summed E-state index contributed by atoms with van der Waals surface area (Å²) in [5.41, 5.74) is 3.12. The number of anilines is 2. The van der Waals surface area contributed by atoms with Crippen LogP contribution in [0.1, 0.15) is 58.9 Å². The first-order valence-electron chi connectivity index (χ1n) is 11.4. The van der Waals surface area contributed by atoms with Gasteiger partial charge < -0.3 is 15.0 Å². The quantitative estimate of drug-likeness (QED) is 0.692. The molecule has 1 aliphatic heterocycles. The van der Waals surface area contributed by atoms with Gasteiger partial charge in [-0.1, -0.05) is 0 Å². The van der Waals surface area contributed by atoms with Crippen LogP contribution in [0.25, 0.3) is 0 Å². The van der Waals surface area contributed by atoms with Gasteiger partial charge in [-0.15, -0.1) is 0 Å². The normalized spacial score (nSPS) is 27.4. The summed E-state index contributed by atoms with van der Waals surface area (Å²) in [5, 5.41) is 2.62. The van der Waals surface area contributed by atoms with Gasteiger partial charge in [0.05, 0.1) is 17.5 Å². The number of hydrogen-bond acceptors (Lipinski definition) is 5. The summed E-state index contributed by atoms with van der Waals surface area (Å²) in [6, 6.07) is 6.00. The molecule has 0 bridgehead atoms. The number of amides is 1. The zero-order valence-electron chi connectivity index (χ0n) is 19.3. The number of hydrogen-bond donors (Lipinski definition) is 2. The third-order valence-corrected chi connectivity index (χ3v) is 8.18. The summed E-state index contributed by atoms with van der Waals surface area (Å²) < 4.78 is 32.7. The van der Waals surface area contributed by atoms with Gasteiger partial charge in [-0.25, -0.2) is 13.1 Å². The number of sulfonamides is 1. The fourth-order valence-corrected chi connectivity index (χ4v) is 5.52. The zero-order valence-corrected chi connectivity index (χ0v) is 20.2. The van der Waals surface area contributed by atoms with Crippen molar-refractivity contribution in [3.63, 3.8) is 0 Å². The Morgan fingerprint density at radius 2 is 1.71 bits per heavy atom. The lowest BCUT2D eigenvalue weighted by Gasteiger charge is -2.37. The number of carbonyl (C=O) groups excluding carboxylic acids is 1. The van der Waals surface area contributed by atoms with Crippen LogP contribution >= 0.6 is 0 Å². The molecule has 0 aromatic heterocycles. The van der Waals surface area contributed by atoms with Gasteiger partial charge in [0.1, 0.15) is 0 Å². The minimum Gasteiger partial charge on any atom is -0.372 e. The molecule has 2 atom stereocenters. The summed E-state index contributed by atoms with van der Waals surface area (Å²) in [5.74, 6) is -0.0633. The molecule has 7 nitrogen and oxygen atoms in total. The molecule has 31 heavy (non-hydrogen) atoms. The molecule has 1 aromatic rings. The molecule has 2 aliphatic rings. The number of nitrogens with one attached hydrogen (secondary N) is 2. The average molecular weight is 452 g/mol. The van der Waals surface area contributed by atoms with Crippen molar-refractivity contribution in [2.45, 2.75) is 83.8 Å². The lowest BCUT2D eigenvalue weighted by molar-refractivity contribution is -0.120. The highest BCUT2D eigenvalue weighted by molar-refractivity contribution is 7.90. The Bertz CT molecular complexity index is 869. The van der Waals surface area contributed by atoms with Gasteiger partial charge in [0.2, 0.25) is 15.9 Å². The Balaban J connectivity index is 1.55. The summed E-state index contributed by atoms with van der Waals surface area (Å²) in [7, 11) is -3.27. The van der Waals surface area contributed by atoms with E-state index in [1.165, 1.54) is 5.69 Å². The van der Waals surface area contributed by atoms with Crippen LogP contribution < -0.4 is 14.9 Å². The summed E-state index contributed by atoms with van der Waals surface area (Å²) in [6.07, 6.45) is 3.16. The van der Waals surface area contributed by atoms with Crippen molar-refractivity contribution in [1.29, 1.82) is 0 Å². The minimum atomic E-state index is -3.27. The van der Waals surface area contributed by atoms with Crippen LogP contribution in [0.2, 0.25) is 0 Å². The van der Waals surface area contributed by atoms with Crippen molar-refractivity contribution in [2.75, 3.05) is 23.3 Å². The van der Waals surface area contributed by atoms with Crippen LogP contribution in [0.4, 0.5) is 11.4 Å². The van der Waals surface area contributed by atoms with E-state index in [0.29, 0.717) is 25.7 Å². The van der Waals surface area contributed by atoms with Crippen LogP contribution in [0.15, 0.2) is 18.2 Å². The molecule has 2 fully saturated rings. The summed E-state index contributed by atoms with van der Waals surface area (Å²) >= 11 is 0. The number of carbonyl (C=O) groups is 1. The van der Waals surface area contributed by atoms with E-state index in [2.05, 4.69) is 41.8 Å². The van der Waals surface area contributed by atoms with Crippen molar-refractivity contribution in [2.24, 2.45) is 5.92 Å². The third kappa shape index (κ3) is 6.20. The first kappa shape index (κ1) is 24.0. The van der Waals surface area contributed by atoms with Gasteiger partial charge >= 0.3 is 0 Å². The number of ether oxygens (including phenoxy) is 1. The van der Waals surface area contributed by atoms with Gasteiger partial charge in [0, 0.05) is 36.4 Å². The first-order chi connectivity index (χ1) is 14.5. The highest BCUT2D eigenvalue weighted by atomic mass is 32.2. The molecule has 0 radical (unpaired) electrons. The molecule has 3 rings (SSSR count). The van der Waals surface area contributed by atoms with Gasteiger partial charge in [0.25, 0.3) is 0 Å². The number of rotatable bonds is 6. The van der Waals surface area contributed by atoms with Crippen LogP contribution in [0.5, 0.6) is 0 Å². The molecule has 1 heterocycles. The van der Waals surface area contributed by atoms with E-state index in [4.69, 9.17) is 4.74 Å². The Morgan fingerprint density at radius 1 is 1.10 bits per heavy atom. The van der Waals surface area contributed by atoms with Crippen LogP contribution in [-0.4, -0.2) is 50.9 Å². The maximum Gasteiger partial charge on any atom is 0.227 e. The lowest BCUT2D eigenvalue weighted by Crippen LogP contribution is -2.45. The third-order valence-electron chi connectivity index (χ3n) is 6.27. The molecule has 8 heteroatoms. The maximum absolute atomic E-state index is 12.8. The molecular formula is C23H37N3O4S. The predicted molar refractivity (Wildman–Crippen MR) is 125 cm³/mol. The SMILES string of the molecule is Cc1cc(NC(=O)C2CCC(NS(=O)(=O)C(C)C)CC2)ccc1N1CC(C)OC(C)C1. The summed E-state index contributed by atoms with van der Waals surface area (Å²) in [4.78, 5) is 15.1. The first-order valence-corrected chi connectivity index (χ1v) is 12.9. The molecule has 1 aromatic carbocycles. The Morgan fingerprint density at radius 3 is 2.26 bits per heavy atom. The number of nitrogens with zero attached hydrogens (tertiary/aromatic N) is 1. The highest BCUT2D eigenvalue weighted by Crippen LogP contribution is 2.29. The molecule has 1 aliphatic carbocycles. The smallest absolute Gasteiger partial charge is 0.227 e. The summed E-state index contributed by atoms with van der Waals surface area (Å²) in [6.45, 7) is 11.3. The number of aryl methyl sites for hydroxylation is 1. The second-order valence-corrected chi connectivity index (χ2v) is 11.7. The Hall–Kier alpha value is -1.64. The monoisotopic (exact) mass is 451 g/mol. The van der Waals surface area contributed by atoms with Crippen LogP contribution in [0.3, 0.4) is 0 Å². The van der Waals surface area contributed by atoms with Gasteiger partial charge in [-0.3, -0.25) is 4.79 Å². The van der Waals surface area contributed by atoms with E-state index in [9.17, 15) is 13.2 Å². The van der Waals surface area contributed by atoms with Crippen molar-refractivity contribution in [3.8, 4) is 0 Å². The average Bonchev–Trinajstić information content (AvgIpc) is 2.67. The van der Waals surface area contributed by atoms with E-state index in [1.807, 2.05) is 12.1 Å². The van der Waals surface area contributed by atoms with Crippen LogP contribution in [-0.2, 0) is 19.6 Å².